The van der Waals surface area contributed by atoms with Crippen LogP contribution >= 0.6 is 0 Å². The fraction of sp³-hybridized carbons (Fsp3) is 0.294. The van der Waals surface area contributed by atoms with Crippen LogP contribution in [0.2, 0.25) is 0 Å². The molecular formula is C51H48N6O6. The van der Waals surface area contributed by atoms with Crippen molar-refractivity contribution in [3.8, 4) is 23.0 Å². The number of ether oxygens (including phenoxy) is 4. The number of aromatic nitrogens is 4. The second kappa shape index (κ2) is 16.0. The van der Waals surface area contributed by atoms with Gasteiger partial charge in [0, 0.05) is 58.0 Å². The van der Waals surface area contributed by atoms with Gasteiger partial charge in [-0.3, -0.25) is 10.2 Å². The molecule has 0 spiro atoms. The molecule has 2 unspecified atom stereocenters. The second-order valence-electron chi connectivity index (χ2n) is 17.2. The van der Waals surface area contributed by atoms with E-state index in [4.69, 9.17) is 28.9 Å². The summed E-state index contributed by atoms with van der Waals surface area (Å²) in [5.41, 5.74) is 11.6. The van der Waals surface area contributed by atoms with Gasteiger partial charge in [-0.05, 0) is 72.2 Å². The first-order chi connectivity index (χ1) is 31.1. The third-order valence-corrected chi connectivity index (χ3v) is 13.9. The molecule has 3 N–H and O–H groups in total. The van der Waals surface area contributed by atoms with E-state index in [-0.39, 0.29) is 24.4 Å². The van der Waals surface area contributed by atoms with Crippen molar-refractivity contribution in [3.63, 3.8) is 0 Å². The molecule has 63 heavy (non-hydrogen) atoms. The molecule has 0 saturated heterocycles. The van der Waals surface area contributed by atoms with Gasteiger partial charge in [0.15, 0.2) is 23.0 Å². The van der Waals surface area contributed by atoms with Crippen molar-refractivity contribution in [3.05, 3.63) is 165 Å². The normalized spacial score (nSPS) is 22.0. The van der Waals surface area contributed by atoms with Crippen LogP contribution in [-0.4, -0.2) is 57.7 Å². The van der Waals surface area contributed by atoms with Gasteiger partial charge in [0.1, 0.15) is 29.9 Å². The van der Waals surface area contributed by atoms with Crippen molar-refractivity contribution in [2.45, 2.75) is 62.2 Å². The van der Waals surface area contributed by atoms with E-state index in [1.54, 1.807) is 7.11 Å². The third-order valence-electron chi connectivity index (χ3n) is 13.9. The molecule has 12 rings (SSSR count). The largest absolute Gasteiger partial charge is 0.454 e. The van der Waals surface area contributed by atoms with Crippen LogP contribution in [0, 0.1) is 11.8 Å². The molecular weight excluding hydrogens is 793 g/mol. The van der Waals surface area contributed by atoms with Gasteiger partial charge in [-0.1, -0.05) is 120 Å². The van der Waals surface area contributed by atoms with E-state index >= 15 is 0 Å². The Balaban J connectivity index is 0.000000141. The van der Waals surface area contributed by atoms with Gasteiger partial charge in [0.25, 0.3) is 0 Å². The lowest BCUT2D eigenvalue weighted by Gasteiger charge is -2.34. The smallest absolute Gasteiger partial charge is 0.231 e. The van der Waals surface area contributed by atoms with Crippen LogP contribution in [0.1, 0.15) is 94.7 Å². The molecule has 2 aliphatic heterocycles. The van der Waals surface area contributed by atoms with Crippen molar-refractivity contribution >= 4 is 23.6 Å². The summed E-state index contributed by atoms with van der Waals surface area (Å²) in [6.07, 6.45) is 17.1. The molecule has 0 radical (unpaired) electrons. The predicted molar refractivity (Wildman–Crippen MR) is 239 cm³/mol. The molecule has 318 valence electrons. The Morgan fingerprint density at radius 2 is 1.06 bits per heavy atom. The highest BCUT2D eigenvalue weighted by Crippen LogP contribution is 2.47. The van der Waals surface area contributed by atoms with E-state index in [1.807, 2.05) is 18.2 Å². The average molecular weight is 841 g/mol. The molecule has 2 aromatic heterocycles. The zero-order valence-electron chi connectivity index (χ0n) is 35.1. The highest BCUT2D eigenvalue weighted by molar-refractivity contribution is 6.04. The van der Waals surface area contributed by atoms with E-state index in [0.717, 1.165) is 112 Å². The Morgan fingerprint density at radius 3 is 1.51 bits per heavy atom. The van der Waals surface area contributed by atoms with Gasteiger partial charge in [0.2, 0.25) is 13.6 Å². The maximum atomic E-state index is 9.67. The number of nitrogens with one attached hydrogen (secondary N) is 2. The number of H-pyrrole nitrogens is 2. The number of nitrogens with zero attached hydrogens (tertiary/aromatic N) is 4. The molecule has 2 atom stereocenters. The van der Waals surface area contributed by atoms with Gasteiger partial charge in [-0.25, -0.2) is 0 Å². The molecule has 4 heterocycles. The fourth-order valence-corrected chi connectivity index (χ4v) is 9.96. The zero-order chi connectivity index (χ0) is 42.4. The van der Waals surface area contributed by atoms with Gasteiger partial charge in [-0.2, -0.15) is 10.2 Å². The molecule has 2 fully saturated rings. The second-order valence-corrected chi connectivity index (χ2v) is 17.2. The van der Waals surface area contributed by atoms with E-state index in [0.29, 0.717) is 17.5 Å². The first-order valence-electron chi connectivity index (χ1n) is 21.8. The lowest BCUT2D eigenvalue weighted by Crippen LogP contribution is -2.31. The van der Waals surface area contributed by atoms with Gasteiger partial charge < -0.3 is 29.0 Å². The Hall–Kier alpha value is -7.08. The highest BCUT2D eigenvalue weighted by Gasteiger charge is 2.41. The number of oxime groups is 2. The van der Waals surface area contributed by atoms with E-state index in [1.165, 1.54) is 24.0 Å². The Labute approximate surface area is 365 Å². The molecule has 12 heteroatoms. The van der Waals surface area contributed by atoms with E-state index in [9.17, 15) is 5.21 Å². The molecule has 2 saturated carbocycles. The van der Waals surface area contributed by atoms with Crippen molar-refractivity contribution in [1.29, 1.82) is 0 Å². The molecule has 4 aromatic carbocycles. The van der Waals surface area contributed by atoms with Crippen molar-refractivity contribution in [2.75, 3.05) is 20.7 Å². The van der Waals surface area contributed by atoms with Crippen LogP contribution in [0.15, 0.2) is 120 Å². The Kier molecular flexibility index (Phi) is 9.85. The van der Waals surface area contributed by atoms with Crippen LogP contribution in [0.3, 0.4) is 0 Å². The zero-order valence-corrected chi connectivity index (χ0v) is 35.1. The quantitative estimate of drug-likeness (QED) is 0.0741. The molecule has 12 nitrogen and oxygen atoms in total. The van der Waals surface area contributed by atoms with E-state index in [2.05, 4.69) is 129 Å². The summed E-state index contributed by atoms with van der Waals surface area (Å²) in [6.45, 7) is 0.523. The maximum Gasteiger partial charge on any atom is 0.231 e. The number of benzene rings is 4. The summed E-state index contributed by atoms with van der Waals surface area (Å²) in [4.78, 5) is 5.18. The Morgan fingerprint density at radius 1 is 0.603 bits per heavy atom. The first-order valence-corrected chi connectivity index (χ1v) is 21.8. The Bertz CT molecular complexity index is 2780. The van der Waals surface area contributed by atoms with Crippen molar-refractivity contribution < 1.29 is 29.0 Å². The molecule has 6 aromatic rings. The van der Waals surface area contributed by atoms with Crippen LogP contribution in [0.5, 0.6) is 23.0 Å². The molecule has 6 aliphatic rings. The summed E-state index contributed by atoms with van der Waals surface area (Å²) >= 11 is 0. The summed E-state index contributed by atoms with van der Waals surface area (Å²) < 4.78 is 22.4. The highest BCUT2D eigenvalue weighted by atomic mass is 16.7. The predicted octanol–water partition coefficient (Wildman–Crippen LogP) is 9.52. The van der Waals surface area contributed by atoms with Gasteiger partial charge in [-0.15, -0.1) is 0 Å². The van der Waals surface area contributed by atoms with Crippen LogP contribution in [0.4, 0.5) is 0 Å². The minimum atomic E-state index is -0.369. The molecule has 0 amide bonds. The average Bonchev–Trinajstić information content (AvgIpc) is 4.13. The number of rotatable bonds is 9. The minimum absolute atomic E-state index is 0.255. The number of hydrogen-bond donors (Lipinski definition) is 3. The van der Waals surface area contributed by atoms with Crippen molar-refractivity contribution in [1.82, 2.24) is 20.4 Å². The number of fused-ring (bicyclic) bond motifs is 4. The van der Waals surface area contributed by atoms with Crippen molar-refractivity contribution in [2.24, 2.45) is 22.1 Å². The number of aromatic amines is 2. The van der Waals surface area contributed by atoms with Gasteiger partial charge >= 0.3 is 0 Å². The van der Waals surface area contributed by atoms with E-state index < -0.39 is 0 Å². The summed E-state index contributed by atoms with van der Waals surface area (Å²) in [5.74, 6) is 3.85. The third kappa shape index (κ3) is 6.66. The topological polar surface area (TPSA) is 148 Å². The SMILES string of the molecule is CON=C(c1n[nH]c2c1C=CC(c1ccccc1)(c1ccc3c(c1)OCO3)C2)C1CCC1.ON=C(c1n[nH]c2c1C=CC(c1ccccc1)(c1ccc3c(c1)OCO3)C2)C1CCC1. The lowest BCUT2D eigenvalue weighted by molar-refractivity contribution is 0.173. The molecule has 4 aliphatic carbocycles. The maximum absolute atomic E-state index is 9.67. The van der Waals surface area contributed by atoms with Crippen LogP contribution < -0.4 is 18.9 Å². The summed E-state index contributed by atoms with van der Waals surface area (Å²) in [6, 6.07) is 33.5. The lowest BCUT2D eigenvalue weighted by atomic mass is 9.68. The summed E-state index contributed by atoms with van der Waals surface area (Å²) in [7, 11) is 1.60. The monoisotopic (exact) mass is 840 g/mol. The minimum Gasteiger partial charge on any atom is -0.454 e. The standard InChI is InChI=1S/C26H25N3O3.C25H23N3O3/c1-30-29-24(17-6-5-7-17)25-20-12-13-26(15-21(20)27-28-25,18-8-3-2-4-9-18)19-10-11-22-23(14-19)32-16-31-22;29-28-23(16-5-4-6-16)24-19-11-12-25(14-20(19)26-27-24,17-7-2-1-3-8-17)18-9-10-21-22(13-18)31-15-30-21/h2-4,8-14,17H,5-7,15-16H2,1H3,(H,27,28);1-3,7-13,16,29H,4-6,14-15H2,(H,26,27). The summed E-state index contributed by atoms with van der Waals surface area (Å²) in [5, 5.41) is 33.5. The van der Waals surface area contributed by atoms with Crippen LogP contribution in [-0.2, 0) is 28.5 Å². The van der Waals surface area contributed by atoms with Gasteiger partial charge in [0.05, 0.1) is 0 Å². The first kappa shape index (κ1) is 38.8. The molecule has 0 bridgehead atoms. The number of hydrogen-bond acceptors (Lipinski definition) is 10. The fourth-order valence-electron chi connectivity index (χ4n) is 9.96. The van der Waals surface area contributed by atoms with Crippen LogP contribution in [0.25, 0.3) is 12.2 Å². The number of allylic oxidation sites excluding steroid dienone is 2.